The average Bonchev–Trinajstić information content (AvgIpc) is 2.52. The molecule has 1 aliphatic carbocycles. The Morgan fingerprint density at radius 2 is 1.73 bits per heavy atom. The monoisotopic (exact) mass is 303 g/mol. The van der Waals surface area contributed by atoms with Crippen LogP contribution in [0.15, 0.2) is 18.2 Å². The maximum atomic E-state index is 12.1. The van der Waals surface area contributed by atoms with E-state index < -0.39 is 0 Å². The number of amides is 3. The molecule has 1 fully saturated rings. The number of benzene rings is 1. The Kier molecular flexibility index (Phi) is 5.81. The van der Waals surface area contributed by atoms with Crippen LogP contribution >= 0.6 is 0 Å². The van der Waals surface area contributed by atoms with Crippen molar-refractivity contribution in [2.75, 3.05) is 10.6 Å². The van der Waals surface area contributed by atoms with Crippen molar-refractivity contribution in [1.82, 2.24) is 5.32 Å². The molecule has 1 aromatic carbocycles. The van der Waals surface area contributed by atoms with E-state index >= 15 is 0 Å². The van der Waals surface area contributed by atoms with Gasteiger partial charge in [0, 0.05) is 23.8 Å². The van der Waals surface area contributed by atoms with Crippen LogP contribution in [0.25, 0.3) is 0 Å². The minimum Gasteiger partial charge on any atom is -0.335 e. The average molecular weight is 303 g/mol. The summed E-state index contributed by atoms with van der Waals surface area (Å²) in [5.74, 6) is -0.0353. The number of nitrogens with one attached hydrogen (secondary N) is 3. The highest BCUT2D eigenvalue weighted by molar-refractivity contribution is 5.95. The molecule has 0 atom stereocenters. The molecule has 1 saturated carbocycles. The third-order valence-electron chi connectivity index (χ3n) is 4.12. The van der Waals surface area contributed by atoms with E-state index in [0.717, 1.165) is 29.8 Å². The summed E-state index contributed by atoms with van der Waals surface area (Å²) >= 11 is 0. The first-order valence-corrected chi connectivity index (χ1v) is 8.07. The molecule has 0 aliphatic heterocycles. The quantitative estimate of drug-likeness (QED) is 0.792. The molecule has 0 radical (unpaired) electrons. The van der Waals surface area contributed by atoms with Gasteiger partial charge in [0.25, 0.3) is 0 Å². The van der Waals surface area contributed by atoms with Gasteiger partial charge in [0.2, 0.25) is 5.91 Å². The molecule has 0 saturated heterocycles. The highest BCUT2D eigenvalue weighted by atomic mass is 16.2. The number of urea groups is 1. The first-order valence-electron chi connectivity index (χ1n) is 8.07. The predicted octanol–water partition coefficient (Wildman–Crippen LogP) is 3.80. The fourth-order valence-corrected chi connectivity index (χ4v) is 2.74. The molecule has 1 aliphatic rings. The predicted molar refractivity (Wildman–Crippen MR) is 89.1 cm³/mol. The lowest BCUT2D eigenvalue weighted by molar-refractivity contribution is -0.115. The molecule has 3 amide bonds. The van der Waals surface area contributed by atoms with Crippen LogP contribution in [-0.2, 0) is 4.79 Å². The first-order chi connectivity index (χ1) is 10.6. The molecule has 0 spiro atoms. The zero-order valence-electron chi connectivity index (χ0n) is 13.4. The second-order valence-corrected chi connectivity index (χ2v) is 5.81. The molecular formula is C17H25N3O2. The summed E-state index contributed by atoms with van der Waals surface area (Å²) < 4.78 is 0. The minimum absolute atomic E-state index is 0.0353. The normalized spacial score (nSPS) is 15.2. The Hall–Kier alpha value is -2.04. The van der Waals surface area contributed by atoms with Gasteiger partial charge in [0.05, 0.1) is 0 Å². The van der Waals surface area contributed by atoms with Crippen LogP contribution in [0.2, 0.25) is 0 Å². The maximum absolute atomic E-state index is 12.1. The molecule has 2 rings (SSSR count). The van der Waals surface area contributed by atoms with Gasteiger partial charge in [-0.05, 0) is 37.5 Å². The van der Waals surface area contributed by atoms with Crippen molar-refractivity contribution in [3.8, 4) is 0 Å². The molecule has 5 heteroatoms. The van der Waals surface area contributed by atoms with E-state index in [1.54, 1.807) is 0 Å². The SMILES string of the molecule is CCC(=O)Nc1cccc(NC(=O)NC2CCCCC2)c1C. The summed E-state index contributed by atoms with van der Waals surface area (Å²) in [4.78, 5) is 23.6. The van der Waals surface area contributed by atoms with E-state index in [2.05, 4.69) is 16.0 Å². The molecule has 3 N–H and O–H groups in total. The fraction of sp³-hybridized carbons (Fsp3) is 0.529. The van der Waals surface area contributed by atoms with E-state index in [4.69, 9.17) is 0 Å². The summed E-state index contributed by atoms with van der Waals surface area (Å²) in [5, 5.41) is 8.76. The van der Waals surface area contributed by atoms with Crippen molar-refractivity contribution >= 4 is 23.3 Å². The zero-order chi connectivity index (χ0) is 15.9. The topological polar surface area (TPSA) is 70.2 Å². The van der Waals surface area contributed by atoms with E-state index in [-0.39, 0.29) is 18.0 Å². The van der Waals surface area contributed by atoms with E-state index in [1.165, 1.54) is 19.3 Å². The van der Waals surface area contributed by atoms with Gasteiger partial charge in [0.15, 0.2) is 0 Å². The van der Waals surface area contributed by atoms with Crippen LogP contribution < -0.4 is 16.0 Å². The van der Waals surface area contributed by atoms with Gasteiger partial charge in [-0.2, -0.15) is 0 Å². The molecule has 0 heterocycles. The zero-order valence-corrected chi connectivity index (χ0v) is 13.4. The Morgan fingerprint density at radius 3 is 2.36 bits per heavy atom. The number of carbonyl (C=O) groups excluding carboxylic acids is 2. The summed E-state index contributed by atoms with van der Waals surface area (Å²) in [7, 11) is 0. The third kappa shape index (κ3) is 4.48. The minimum atomic E-state index is -0.172. The Labute approximate surface area is 131 Å². The van der Waals surface area contributed by atoms with Crippen molar-refractivity contribution in [1.29, 1.82) is 0 Å². The Morgan fingerprint density at radius 1 is 1.09 bits per heavy atom. The van der Waals surface area contributed by atoms with Crippen molar-refractivity contribution in [3.63, 3.8) is 0 Å². The van der Waals surface area contributed by atoms with Crippen LogP contribution in [0.4, 0.5) is 16.2 Å². The van der Waals surface area contributed by atoms with Gasteiger partial charge < -0.3 is 16.0 Å². The number of anilines is 2. The second kappa shape index (κ2) is 7.82. The summed E-state index contributed by atoms with van der Waals surface area (Å²) in [5.41, 5.74) is 2.33. The lowest BCUT2D eigenvalue weighted by Crippen LogP contribution is -2.39. The third-order valence-corrected chi connectivity index (χ3v) is 4.12. The van der Waals surface area contributed by atoms with Crippen LogP contribution in [0.5, 0.6) is 0 Å². The number of hydrogen-bond acceptors (Lipinski definition) is 2. The Bertz CT molecular complexity index is 537. The highest BCUT2D eigenvalue weighted by Crippen LogP contribution is 2.24. The van der Waals surface area contributed by atoms with Crippen LogP contribution in [0.3, 0.4) is 0 Å². The van der Waals surface area contributed by atoms with Crippen molar-refractivity contribution in [2.45, 2.75) is 58.4 Å². The molecule has 0 bridgehead atoms. The lowest BCUT2D eigenvalue weighted by atomic mass is 9.96. The molecule has 0 aromatic heterocycles. The van der Waals surface area contributed by atoms with Gasteiger partial charge in [0.1, 0.15) is 0 Å². The largest absolute Gasteiger partial charge is 0.335 e. The summed E-state index contributed by atoms with van der Waals surface area (Å²) in [6, 6.07) is 5.62. The highest BCUT2D eigenvalue weighted by Gasteiger charge is 2.16. The van der Waals surface area contributed by atoms with Gasteiger partial charge >= 0.3 is 6.03 Å². The maximum Gasteiger partial charge on any atom is 0.319 e. The Balaban J connectivity index is 1.98. The molecule has 5 nitrogen and oxygen atoms in total. The van der Waals surface area contributed by atoms with Crippen molar-refractivity contribution in [3.05, 3.63) is 23.8 Å². The van der Waals surface area contributed by atoms with Gasteiger partial charge in [-0.1, -0.05) is 32.3 Å². The van der Waals surface area contributed by atoms with Gasteiger partial charge in [-0.25, -0.2) is 4.79 Å². The van der Waals surface area contributed by atoms with Crippen molar-refractivity contribution < 1.29 is 9.59 Å². The van der Waals surface area contributed by atoms with E-state index in [9.17, 15) is 9.59 Å². The second-order valence-electron chi connectivity index (χ2n) is 5.81. The molecule has 0 unspecified atom stereocenters. The first kappa shape index (κ1) is 16.3. The fourth-order valence-electron chi connectivity index (χ4n) is 2.74. The number of rotatable bonds is 4. The number of carbonyl (C=O) groups is 2. The van der Waals surface area contributed by atoms with Gasteiger partial charge in [-0.3, -0.25) is 4.79 Å². The van der Waals surface area contributed by atoms with Crippen LogP contribution in [0.1, 0.15) is 51.0 Å². The summed E-state index contributed by atoms with van der Waals surface area (Å²) in [6.45, 7) is 3.70. The van der Waals surface area contributed by atoms with Crippen LogP contribution in [-0.4, -0.2) is 18.0 Å². The smallest absolute Gasteiger partial charge is 0.319 e. The molecule has 22 heavy (non-hydrogen) atoms. The molecule has 120 valence electrons. The summed E-state index contributed by atoms with van der Waals surface area (Å²) in [6.07, 6.45) is 6.17. The lowest BCUT2D eigenvalue weighted by Gasteiger charge is -2.23. The van der Waals surface area contributed by atoms with E-state index in [1.807, 2.05) is 32.0 Å². The van der Waals surface area contributed by atoms with Gasteiger partial charge in [-0.15, -0.1) is 0 Å². The molecule has 1 aromatic rings. The molecular weight excluding hydrogens is 278 g/mol. The van der Waals surface area contributed by atoms with E-state index in [0.29, 0.717) is 6.42 Å². The van der Waals surface area contributed by atoms with Crippen molar-refractivity contribution in [2.24, 2.45) is 0 Å². The standard InChI is InChI=1S/C17H25N3O2/c1-3-16(21)19-14-10-7-11-15(12(14)2)20-17(22)18-13-8-5-4-6-9-13/h7,10-11,13H,3-6,8-9H2,1-2H3,(H,19,21)(H2,18,20,22). The number of hydrogen-bond donors (Lipinski definition) is 3. The van der Waals surface area contributed by atoms with Crippen LogP contribution in [0, 0.1) is 6.92 Å².